The number of nitrogens with zero attached hydrogens (tertiary/aromatic N) is 1. The number of hydrogen-bond donors (Lipinski definition) is 1. The van der Waals surface area contributed by atoms with Crippen LogP contribution in [0.5, 0.6) is 0 Å². The van der Waals surface area contributed by atoms with Gasteiger partial charge in [0.15, 0.2) is 0 Å². The fraction of sp³-hybridized carbons (Fsp3) is 0.455. The molecule has 0 amide bonds. The van der Waals surface area contributed by atoms with Crippen LogP contribution in [0, 0.1) is 0 Å². The van der Waals surface area contributed by atoms with Gasteiger partial charge in [0.1, 0.15) is 0 Å². The fourth-order valence-corrected chi connectivity index (χ4v) is 2.11. The highest BCUT2D eigenvalue weighted by molar-refractivity contribution is 7.89. The standard InChI is InChI=1S/C11H17ClN2O2S/c1-14(2)17(15,16)8-7-13-9-10-3-5-11(12)6-4-10/h3-6,13H,7-9H2,1-2H3. The Balaban J connectivity index is 2.32. The summed E-state index contributed by atoms with van der Waals surface area (Å²) >= 11 is 5.76. The summed E-state index contributed by atoms with van der Waals surface area (Å²) in [4.78, 5) is 0. The van der Waals surface area contributed by atoms with E-state index in [9.17, 15) is 8.42 Å². The summed E-state index contributed by atoms with van der Waals surface area (Å²) in [5.41, 5.74) is 1.08. The number of hydrogen-bond acceptors (Lipinski definition) is 3. The van der Waals surface area contributed by atoms with Crippen LogP contribution < -0.4 is 5.32 Å². The molecule has 0 radical (unpaired) electrons. The van der Waals surface area contributed by atoms with E-state index >= 15 is 0 Å². The van der Waals surface area contributed by atoms with Gasteiger partial charge in [0.25, 0.3) is 0 Å². The zero-order chi connectivity index (χ0) is 12.9. The molecule has 0 aliphatic carbocycles. The van der Waals surface area contributed by atoms with Gasteiger partial charge in [-0.3, -0.25) is 0 Å². The van der Waals surface area contributed by atoms with Crippen LogP contribution in [0.25, 0.3) is 0 Å². The molecule has 0 heterocycles. The first-order chi connectivity index (χ1) is 7.92. The highest BCUT2D eigenvalue weighted by Gasteiger charge is 2.12. The van der Waals surface area contributed by atoms with E-state index in [-0.39, 0.29) is 5.75 Å². The van der Waals surface area contributed by atoms with Crippen molar-refractivity contribution in [2.45, 2.75) is 6.54 Å². The summed E-state index contributed by atoms with van der Waals surface area (Å²) in [6, 6.07) is 7.45. The lowest BCUT2D eigenvalue weighted by molar-refractivity contribution is 0.517. The Morgan fingerprint density at radius 3 is 2.35 bits per heavy atom. The SMILES string of the molecule is CN(C)S(=O)(=O)CCNCc1ccc(Cl)cc1. The average Bonchev–Trinajstić information content (AvgIpc) is 2.26. The molecule has 0 fully saturated rings. The predicted molar refractivity (Wildman–Crippen MR) is 70.6 cm³/mol. The van der Waals surface area contributed by atoms with Gasteiger partial charge in [-0.1, -0.05) is 23.7 Å². The first-order valence-electron chi connectivity index (χ1n) is 5.27. The number of nitrogens with one attached hydrogen (secondary N) is 1. The van der Waals surface area contributed by atoms with E-state index in [1.807, 2.05) is 24.3 Å². The maximum atomic E-state index is 11.5. The van der Waals surface area contributed by atoms with E-state index in [4.69, 9.17) is 11.6 Å². The molecule has 0 aromatic heterocycles. The number of rotatable bonds is 6. The molecule has 0 saturated carbocycles. The van der Waals surface area contributed by atoms with Gasteiger partial charge in [-0.2, -0.15) is 0 Å². The van der Waals surface area contributed by atoms with E-state index < -0.39 is 10.0 Å². The minimum absolute atomic E-state index is 0.105. The maximum absolute atomic E-state index is 11.5. The zero-order valence-corrected chi connectivity index (χ0v) is 11.6. The summed E-state index contributed by atoms with van der Waals surface area (Å²) in [5, 5.41) is 3.78. The molecule has 96 valence electrons. The van der Waals surface area contributed by atoms with E-state index in [0.29, 0.717) is 18.1 Å². The van der Waals surface area contributed by atoms with Crippen molar-refractivity contribution < 1.29 is 8.42 Å². The second-order valence-electron chi connectivity index (χ2n) is 3.90. The lowest BCUT2D eigenvalue weighted by Gasteiger charge is -2.11. The summed E-state index contributed by atoms with van der Waals surface area (Å²) < 4.78 is 24.1. The lowest BCUT2D eigenvalue weighted by Crippen LogP contribution is -2.30. The van der Waals surface area contributed by atoms with Crippen LogP contribution in [0.2, 0.25) is 5.02 Å². The molecular formula is C11H17ClN2O2S. The topological polar surface area (TPSA) is 49.4 Å². The zero-order valence-electron chi connectivity index (χ0n) is 9.98. The molecule has 0 aliphatic rings. The van der Waals surface area contributed by atoms with Crippen molar-refractivity contribution in [1.82, 2.24) is 9.62 Å². The molecule has 0 unspecified atom stereocenters. The highest BCUT2D eigenvalue weighted by atomic mass is 35.5. The lowest BCUT2D eigenvalue weighted by atomic mass is 10.2. The molecule has 0 bridgehead atoms. The van der Waals surface area contributed by atoms with Crippen molar-refractivity contribution in [1.29, 1.82) is 0 Å². The fourth-order valence-electron chi connectivity index (χ4n) is 1.22. The quantitative estimate of drug-likeness (QED) is 0.798. The molecule has 1 aromatic carbocycles. The summed E-state index contributed by atoms with van der Waals surface area (Å²) in [6.07, 6.45) is 0. The normalized spacial score (nSPS) is 12.0. The Bertz CT molecular complexity index is 443. The van der Waals surface area contributed by atoms with E-state index in [1.165, 1.54) is 18.4 Å². The predicted octanol–water partition coefficient (Wildman–Crippen LogP) is 1.32. The number of halogens is 1. The molecule has 0 aliphatic heterocycles. The van der Waals surface area contributed by atoms with Gasteiger partial charge in [-0.15, -0.1) is 0 Å². The molecular weight excluding hydrogens is 260 g/mol. The molecule has 1 rings (SSSR count). The average molecular weight is 277 g/mol. The van der Waals surface area contributed by atoms with Crippen LogP contribution in [-0.4, -0.2) is 39.1 Å². The third-order valence-electron chi connectivity index (χ3n) is 2.34. The molecule has 1 aromatic rings. The van der Waals surface area contributed by atoms with Crippen molar-refractivity contribution >= 4 is 21.6 Å². The van der Waals surface area contributed by atoms with Gasteiger partial charge in [-0.05, 0) is 17.7 Å². The first-order valence-corrected chi connectivity index (χ1v) is 7.26. The molecule has 6 heteroatoms. The second kappa shape index (κ2) is 6.35. The van der Waals surface area contributed by atoms with Crippen molar-refractivity contribution in [3.8, 4) is 0 Å². The number of benzene rings is 1. The van der Waals surface area contributed by atoms with Crippen LogP contribution >= 0.6 is 11.6 Å². The van der Waals surface area contributed by atoms with Crippen molar-refractivity contribution in [2.75, 3.05) is 26.4 Å². The Labute approximate surface area is 108 Å². The molecule has 17 heavy (non-hydrogen) atoms. The summed E-state index contributed by atoms with van der Waals surface area (Å²) in [5.74, 6) is 0.105. The minimum Gasteiger partial charge on any atom is -0.312 e. The van der Waals surface area contributed by atoms with Crippen molar-refractivity contribution in [2.24, 2.45) is 0 Å². The van der Waals surface area contributed by atoms with E-state index in [1.54, 1.807) is 0 Å². The first kappa shape index (κ1) is 14.4. The summed E-state index contributed by atoms with van der Waals surface area (Å²) in [7, 11) is -0.0371. The van der Waals surface area contributed by atoms with Crippen LogP contribution in [-0.2, 0) is 16.6 Å². The van der Waals surface area contributed by atoms with Crippen LogP contribution in [0.3, 0.4) is 0 Å². The molecule has 1 N–H and O–H groups in total. The maximum Gasteiger partial charge on any atom is 0.214 e. The molecule has 0 atom stereocenters. The van der Waals surface area contributed by atoms with Gasteiger partial charge < -0.3 is 5.32 Å². The molecule has 0 saturated heterocycles. The van der Waals surface area contributed by atoms with Gasteiger partial charge in [0.05, 0.1) is 5.75 Å². The minimum atomic E-state index is -3.11. The Morgan fingerprint density at radius 1 is 1.24 bits per heavy atom. The Hall–Kier alpha value is -0.620. The molecule has 4 nitrogen and oxygen atoms in total. The third kappa shape index (κ3) is 5.04. The highest BCUT2D eigenvalue weighted by Crippen LogP contribution is 2.08. The van der Waals surface area contributed by atoms with Crippen LogP contribution in [0.4, 0.5) is 0 Å². The van der Waals surface area contributed by atoms with Crippen LogP contribution in [0.15, 0.2) is 24.3 Å². The van der Waals surface area contributed by atoms with Gasteiger partial charge in [-0.25, -0.2) is 12.7 Å². The third-order valence-corrected chi connectivity index (χ3v) is 4.42. The van der Waals surface area contributed by atoms with Gasteiger partial charge in [0.2, 0.25) is 10.0 Å². The van der Waals surface area contributed by atoms with Crippen LogP contribution in [0.1, 0.15) is 5.56 Å². The van der Waals surface area contributed by atoms with E-state index in [0.717, 1.165) is 5.56 Å². The summed E-state index contributed by atoms with van der Waals surface area (Å²) in [6.45, 7) is 1.07. The Kier molecular flexibility index (Phi) is 5.39. The second-order valence-corrected chi connectivity index (χ2v) is 6.64. The van der Waals surface area contributed by atoms with Gasteiger partial charge >= 0.3 is 0 Å². The smallest absolute Gasteiger partial charge is 0.214 e. The number of sulfonamides is 1. The van der Waals surface area contributed by atoms with E-state index in [2.05, 4.69) is 5.32 Å². The Morgan fingerprint density at radius 2 is 1.82 bits per heavy atom. The van der Waals surface area contributed by atoms with Crippen molar-refractivity contribution in [3.63, 3.8) is 0 Å². The van der Waals surface area contributed by atoms with Crippen molar-refractivity contribution in [3.05, 3.63) is 34.9 Å². The van der Waals surface area contributed by atoms with Gasteiger partial charge in [0, 0.05) is 32.2 Å². The largest absolute Gasteiger partial charge is 0.312 e. The monoisotopic (exact) mass is 276 g/mol. The molecule has 0 spiro atoms.